The molecule has 3 N–H and O–H groups in total. The van der Waals surface area contributed by atoms with Crippen molar-refractivity contribution >= 4 is 13.8 Å². The summed E-state index contributed by atoms with van der Waals surface area (Å²) in [5, 5.41) is 0. The lowest BCUT2D eigenvalue weighted by molar-refractivity contribution is -0.154. The molecule has 0 fully saturated rings. The predicted octanol–water partition coefficient (Wildman–Crippen LogP) is 19.2. The van der Waals surface area contributed by atoms with Crippen LogP contribution in [0.4, 0.5) is 0 Å². The molecule has 0 heterocycles. The van der Waals surface area contributed by atoms with Gasteiger partial charge in [0.1, 0.15) is 6.10 Å². The number of phosphoric acid groups is 1. The van der Waals surface area contributed by atoms with E-state index in [0.29, 0.717) is 13.0 Å². The van der Waals surface area contributed by atoms with Gasteiger partial charge in [-0.2, -0.15) is 0 Å². The molecule has 0 rings (SSSR count). The number of unbranched alkanes of at least 4 members (excludes halogenated alkanes) is 46. The standard InChI is InChI=1S/C58H118NO7P/c1-3-5-7-9-11-13-15-17-19-21-23-24-25-26-27-28-29-30-31-32-33-34-35-37-39-41-43-45-47-49-51-58(60)66-57(56-65-67(61,62)64-54-52-59)55-63-53-50-48-46-44-42-40-38-36-22-20-18-16-14-12-10-8-6-4-2/h57H,3-56,59H2,1-2H3,(H,61,62)/t57-/m1/s1. The summed E-state index contributed by atoms with van der Waals surface area (Å²) >= 11 is 0. The van der Waals surface area contributed by atoms with Gasteiger partial charge in [0.25, 0.3) is 0 Å². The van der Waals surface area contributed by atoms with Crippen LogP contribution in [0.25, 0.3) is 0 Å². The maximum Gasteiger partial charge on any atom is 0.472 e. The molecule has 0 amide bonds. The van der Waals surface area contributed by atoms with Crippen molar-refractivity contribution in [2.75, 3.05) is 33.0 Å². The molecule has 0 saturated carbocycles. The first-order chi connectivity index (χ1) is 32.9. The van der Waals surface area contributed by atoms with Gasteiger partial charge in [-0.25, -0.2) is 4.57 Å². The average Bonchev–Trinajstić information content (AvgIpc) is 3.32. The molecule has 0 aromatic rings. The zero-order valence-electron chi connectivity index (χ0n) is 45.2. The van der Waals surface area contributed by atoms with Crippen LogP contribution in [0.5, 0.6) is 0 Å². The smallest absolute Gasteiger partial charge is 0.457 e. The van der Waals surface area contributed by atoms with Gasteiger partial charge in [-0.3, -0.25) is 13.8 Å². The normalized spacial score (nSPS) is 13.1. The third-order valence-electron chi connectivity index (χ3n) is 13.8. The van der Waals surface area contributed by atoms with Crippen molar-refractivity contribution < 1.29 is 32.8 Å². The van der Waals surface area contributed by atoms with E-state index in [1.165, 1.54) is 276 Å². The first kappa shape index (κ1) is 66.5. The van der Waals surface area contributed by atoms with Crippen molar-refractivity contribution in [1.82, 2.24) is 0 Å². The first-order valence-electron chi connectivity index (χ1n) is 30.0. The van der Waals surface area contributed by atoms with Gasteiger partial charge >= 0.3 is 13.8 Å². The molecule has 0 aliphatic heterocycles. The Morgan fingerprint density at radius 3 is 0.940 bits per heavy atom. The van der Waals surface area contributed by atoms with Gasteiger partial charge in [0.05, 0.1) is 19.8 Å². The second kappa shape index (κ2) is 56.4. The van der Waals surface area contributed by atoms with E-state index in [4.69, 9.17) is 24.3 Å². The molecule has 2 atom stereocenters. The van der Waals surface area contributed by atoms with E-state index < -0.39 is 13.9 Å². The van der Waals surface area contributed by atoms with Gasteiger partial charge in [-0.05, 0) is 12.8 Å². The Bertz CT molecular complexity index is 1000. The highest BCUT2D eigenvalue weighted by molar-refractivity contribution is 7.47. The first-order valence-corrected chi connectivity index (χ1v) is 31.5. The molecular weight excluding hydrogens is 854 g/mol. The molecular formula is C58H118NO7P. The van der Waals surface area contributed by atoms with E-state index in [1.54, 1.807) is 0 Å². The van der Waals surface area contributed by atoms with E-state index in [1.807, 2.05) is 0 Å². The Kier molecular flexibility index (Phi) is 56.0. The second-order valence-corrected chi connectivity index (χ2v) is 22.0. The number of carbonyl (C=O) groups is 1. The fraction of sp³-hybridized carbons (Fsp3) is 0.983. The number of rotatable bonds is 59. The highest BCUT2D eigenvalue weighted by atomic mass is 31.2. The lowest BCUT2D eigenvalue weighted by atomic mass is 10.0. The van der Waals surface area contributed by atoms with Gasteiger partial charge in [0, 0.05) is 19.6 Å². The number of hydrogen-bond donors (Lipinski definition) is 2. The highest BCUT2D eigenvalue weighted by Crippen LogP contribution is 2.43. The van der Waals surface area contributed by atoms with Crippen LogP contribution in [0.3, 0.4) is 0 Å². The van der Waals surface area contributed by atoms with E-state index in [2.05, 4.69) is 13.8 Å². The largest absolute Gasteiger partial charge is 0.472 e. The minimum atomic E-state index is -4.28. The van der Waals surface area contributed by atoms with Crippen molar-refractivity contribution in [3.63, 3.8) is 0 Å². The fourth-order valence-corrected chi connectivity index (χ4v) is 10.1. The summed E-state index contributed by atoms with van der Waals surface area (Å²) in [6.07, 6.45) is 64.6. The monoisotopic (exact) mass is 972 g/mol. The van der Waals surface area contributed by atoms with Gasteiger partial charge in [0.15, 0.2) is 0 Å². The number of carbonyl (C=O) groups excluding carboxylic acids is 1. The van der Waals surface area contributed by atoms with Gasteiger partial charge < -0.3 is 20.1 Å². The van der Waals surface area contributed by atoms with Crippen molar-refractivity contribution in [3.05, 3.63) is 0 Å². The van der Waals surface area contributed by atoms with Crippen molar-refractivity contribution in [2.45, 2.75) is 335 Å². The van der Waals surface area contributed by atoms with E-state index in [9.17, 15) is 14.3 Å². The van der Waals surface area contributed by atoms with E-state index >= 15 is 0 Å². The fourth-order valence-electron chi connectivity index (χ4n) is 9.36. The molecule has 9 heteroatoms. The molecule has 0 bridgehead atoms. The zero-order chi connectivity index (χ0) is 48.7. The molecule has 0 aromatic carbocycles. The molecule has 0 aromatic heterocycles. The summed E-state index contributed by atoms with van der Waals surface area (Å²) in [6.45, 7) is 5.03. The van der Waals surface area contributed by atoms with E-state index in [0.717, 1.165) is 32.1 Å². The summed E-state index contributed by atoms with van der Waals surface area (Å²) in [7, 11) is -4.28. The maximum absolute atomic E-state index is 12.7. The van der Waals surface area contributed by atoms with Crippen LogP contribution in [0.2, 0.25) is 0 Å². The zero-order valence-corrected chi connectivity index (χ0v) is 46.1. The highest BCUT2D eigenvalue weighted by Gasteiger charge is 2.25. The van der Waals surface area contributed by atoms with Crippen molar-refractivity contribution in [1.29, 1.82) is 0 Å². The third-order valence-corrected chi connectivity index (χ3v) is 14.8. The SMILES string of the molecule is CCCCCCCCCCCCCCCCCCCCCCCCCCCCCCCCC(=O)O[C@H](COCCCCCCCCCCCCCCCCCCCC)COP(=O)(O)OCCN. The molecule has 0 radical (unpaired) electrons. The third kappa shape index (κ3) is 56.3. The summed E-state index contributed by atoms with van der Waals surface area (Å²) in [5.41, 5.74) is 5.40. The molecule has 402 valence electrons. The Morgan fingerprint density at radius 2 is 0.657 bits per heavy atom. The molecule has 8 nitrogen and oxygen atoms in total. The van der Waals surface area contributed by atoms with Crippen molar-refractivity contribution in [2.24, 2.45) is 5.73 Å². The van der Waals surface area contributed by atoms with Gasteiger partial charge in [-0.1, -0.05) is 309 Å². The van der Waals surface area contributed by atoms with Crippen LogP contribution in [-0.2, 0) is 27.9 Å². The van der Waals surface area contributed by atoms with Crippen molar-refractivity contribution in [3.8, 4) is 0 Å². The summed E-state index contributed by atoms with van der Waals surface area (Å²) in [6, 6.07) is 0. The van der Waals surface area contributed by atoms with Crippen LogP contribution in [0.15, 0.2) is 0 Å². The lowest BCUT2D eigenvalue weighted by Crippen LogP contribution is -2.28. The summed E-state index contributed by atoms with van der Waals surface area (Å²) in [5.74, 6) is -0.318. The molecule has 0 aliphatic carbocycles. The number of esters is 1. The topological polar surface area (TPSA) is 117 Å². The Balaban J connectivity index is 3.75. The number of ether oxygens (including phenoxy) is 2. The van der Waals surface area contributed by atoms with Gasteiger partial charge in [-0.15, -0.1) is 0 Å². The van der Waals surface area contributed by atoms with Gasteiger partial charge in [0.2, 0.25) is 0 Å². The number of phosphoric ester groups is 1. The minimum absolute atomic E-state index is 0.0895. The maximum atomic E-state index is 12.7. The number of nitrogens with two attached hydrogens (primary N) is 1. The second-order valence-electron chi connectivity index (χ2n) is 20.6. The Morgan fingerprint density at radius 1 is 0.388 bits per heavy atom. The average molecular weight is 973 g/mol. The minimum Gasteiger partial charge on any atom is -0.457 e. The summed E-state index contributed by atoms with van der Waals surface area (Å²) < 4.78 is 33.7. The lowest BCUT2D eigenvalue weighted by Gasteiger charge is -2.20. The quantitative estimate of drug-likeness (QED) is 0.0352. The van der Waals surface area contributed by atoms with Crippen LogP contribution in [0.1, 0.15) is 328 Å². The molecule has 0 spiro atoms. The summed E-state index contributed by atoms with van der Waals surface area (Å²) in [4.78, 5) is 22.7. The molecule has 0 aliphatic rings. The Labute approximate surface area is 418 Å². The Hall–Kier alpha value is -0.500. The van der Waals surface area contributed by atoms with Crippen LogP contribution >= 0.6 is 7.82 Å². The van der Waals surface area contributed by atoms with Crippen LogP contribution in [0, 0.1) is 0 Å². The molecule has 1 unspecified atom stereocenters. The molecule has 0 saturated heterocycles. The predicted molar refractivity (Wildman–Crippen MR) is 289 cm³/mol. The van der Waals surface area contributed by atoms with E-state index in [-0.39, 0.29) is 32.3 Å². The number of hydrogen-bond acceptors (Lipinski definition) is 7. The van der Waals surface area contributed by atoms with Crippen LogP contribution in [-0.4, -0.2) is 49.9 Å². The molecule has 67 heavy (non-hydrogen) atoms. The van der Waals surface area contributed by atoms with Crippen LogP contribution < -0.4 is 5.73 Å².